The van der Waals surface area contributed by atoms with Gasteiger partial charge < -0.3 is 9.88 Å². The van der Waals surface area contributed by atoms with Crippen LogP contribution >= 0.6 is 0 Å². The normalized spacial score (nSPS) is 18.7. The summed E-state index contributed by atoms with van der Waals surface area (Å²) >= 11 is 0. The van der Waals surface area contributed by atoms with Gasteiger partial charge in [-0.15, -0.1) is 10.2 Å². The molecular weight excluding hydrogens is 224 g/mol. The summed E-state index contributed by atoms with van der Waals surface area (Å²) in [6, 6.07) is 8.91. The number of rotatable bonds is 2. The van der Waals surface area contributed by atoms with Gasteiger partial charge in [0.25, 0.3) is 0 Å². The van der Waals surface area contributed by atoms with Gasteiger partial charge in [-0.3, -0.25) is 0 Å². The summed E-state index contributed by atoms with van der Waals surface area (Å²) in [6.07, 6.45) is 1.07. The Labute approximate surface area is 107 Å². The molecule has 1 aromatic carbocycles. The van der Waals surface area contributed by atoms with Gasteiger partial charge in [0.1, 0.15) is 5.82 Å². The molecule has 0 saturated carbocycles. The molecule has 0 radical (unpaired) electrons. The lowest BCUT2D eigenvalue weighted by atomic mass is 10.1. The zero-order valence-corrected chi connectivity index (χ0v) is 10.8. The fourth-order valence-electron chi connectivity index (χ4n) is 2.44. The second kappa shape index (κ2) is 4.53. The molecular formula is C14H18N4. The Morgan fingerprint density at radius 1 is 1.28 bits per heavy atom. The summed E-state index contributed by atoms with van der Waals surface area (Å²) in [5, 5.41) is 12.1. The molecule has 1 atom stereocenters. The average molecular weight is 242 g/mol. The van der Waals surface area contributed by atoms with Crippen LogP contribution in [0.25, 0.3) is 11.4 Å². The van der Waals surface area contributed by atoms with E-state index in [1.165, 1.54) is 5.56 Å². The summed E-state index contributed by atoms with van der Waals surface area (Å²) in [5.41, 5.74) is 2.51. The third-order valence-corrected chi connectivity index (χ3v) is 3.57. The highest BCUT2D eigenvalue weighted by molar-refractivity contribution is 5.56. The Bertz CT molecular complexity index is 541. The quantitative estimate of drug-likeness (QED) is 0.877. The molecule has 18 heavy (non-hydrogen) atoms. The molecule has 1 N–H and O–H groups in total. The Balaban J connectivity index is 2.01. The lowest BCUT2D eigenvalue weighted by Crippen LogP contribution is -2.32. The average Bonchev–Trinajstić information content (AvgIpc) is 2.84. The number of fused-ring (bicyclic) bond motifs is 1. The van der Waals surface area contributed by atoms with Crippen molar-refractivity contribution < 1.29 is 0 Å². The van der Waals surface area contributed by atoms with Crippen molar-refractivity contribution in [2.24, 2.45) is 0 Å². The maximum absolute atomic E-state index is 4.35. The highest BCUT2D eigenvalue weighted by atomic mass is 15.3. The van der Waals surface area contributed by atoms with Crippen molar-refractivity contribution in [1.29, 1.82) is 0 Å². The molecule has 2 heterocycles. The number of aryl methyl sites for hydroxylation is 1. The summed E-state index contributed by atoms with van der Waals surface area (Å²) < 4.78 is 2.22. The van der Waals surface area contributed by atoms with E-state index < -0.39 is 0 Å². The molecule has 1 aliphatic heterocycles. The van der Waals surface area contributed by atoms with Gasteiger partial charge in [0.15, 0.2) is 5.82 Å². The Kier molecular flexibility index (Phi) is 2.88. The highest BCUT2D eigenvalue weighted by Gasteiger charge is 2.21. The van der Waals surface area contributed by atoms with Crippen LogP contribution in [0.4, 0.5) is 0 Å². The molecule has 1 unspecified atom stereocenters. The molecule has 4 heteroatoms. The van der Waals surface area contributed by atoms with E-state index in [0.717, 1.165) is 36.7 Å². The van der Waals surface area contributed by atoms with E-state index in [-0.39, 0.29) is 6.04 Å². The van der Waals surface area contributed by atoms with Crippen LogP contribution in [0.5, 0.6) is 0 Å². The van der Waals surface area contributed by atoms with E-state index in [9.17, 15) is 0 Å². The summed E-state index contributed by atoms with van der Waals surface area (Å²) in [5.74, 6) is 2.02. The minimum atomic E-state index is 0.287. The number of nitrogens with zero attached hydrogens (tertiary/aromatic N) is 3. The summed E-state index contributed by atoms with van der Waals surface area (Å²) in [4.78, 5) is 0. The van der Waals surface area contributed by atoms with Crippen LogP contribution in [-0.4, -0.2) is 21.3 Å². The zero-order valence-electron chi connectivity index (χ0n) is 10.8. The maximum atomic E-state index is 4.35. The number of hydrogen-bond acceptors (Lipinski definition) is 3. The van der Waals surface area contributed by atoms with E-state index in [2.05, 4.69) is 58.2 Å². The van der Waals surface area contributed by atoms with E-state index in [1.807, 2.05) is 0 Å². The number of nitrogens with one attached hydrogen (secondary N) is 1. The first-order valence-electron chi connectivity index (χ1n) is 6.55. The van der Waals surface area contributed by atoms with Crippen LogP contribution in [0.1, 0.15) is 31.3 Å². The fourth-order valence-corrected chi connectivity index (χ4v) is 2.44. The lowest BCUT2D eigenvalue weighted by molar-refractivity contribution is 0.439. The monoisotopic (exact) mass is 242 g/mol. The van der Waals surface area contributed by atoms with Gasteiger partial charge in [0.2, 0.25) is 0 Å². The second-order valence-electron chi connectivity index (χ2n) is 4.76. The molecule has 0 aliphatic carbocycles. The second-order valence-corrected chi connectivity index (χ2v) is 4.76. The predicted octanol–water partition coefficient (Wildman–Crippen LogP) is 2.17. The van der Waals surface area contributed by atoms with Crippen LogP contribution in [0.2, 0.25) is 0 Å². The van der Waals surface area contributed by atoms with Gasteiger partial charge in [-0.25, -0.2) is 0 Å². The number of aromatic nitrogens is 3. The minimum absolute atomic E-state index is 0.287. The smallest absolute Gasteiger partial charge is 0.164 e. The van der Waals surface area contributed by atoms with Crippen molar-refractivity contribution in [3.63, 3.8) is 0 Å². The molecule has 0 bridgehead atoms. The van der Waals surface area contributed by atoms with Crippen molar-refractivity contribution in [3.05, 3.63) is 35.7 Å². The molecule has 2 aromatic rings. The fraction of sp³-hybridized carbons (Fsp3) is 0.429. The van der Waals surface area contributed by atoms with E-state index >= 15 is 0 Å². The van der Waals surface area contributed by atoms with Gasteiger partial charge in [-0.05, 0) is 18.9 Å². The Morgan fingerprint density at radius 3 is 2.78 bits per heavy atom. The van der Waals surface area contributed by atoms with E-state index in [0.29, 0.717) is 0 Å². The van der Waals surface area contributed by atoms with E-state index in [4.69, 9.17) is 0 Å². The molecule has 1 aliphatic rings. The van der Waals surface area contributed by atoms with E-state index in [1.54, 1.807) is 0 Å². The van der Waals surface area contributed by atoms with Crippen molar-refractivity contribution in [2.75, 3.05) is 6.54 Å². The standard InChI is InChI=1S/C14H18N4/c1-3-11-4-6-12(7-5-11)14-17-16-13-10(2)15-8-9-18(13)14/h4-7,10,15H,3,8-9H2,1-2H3. The topological polar surface area (TPSA) is 42.7 Å². The molecule has 0 spiro atoms. The Hall–Kier alpha value is -1.68. The molecule has 1 aromatic heterocycles. The SMILES string of the molecule is CCc1ccc(-c2nnc3n2CCNC3C)cc1. The molecule has 94 valence electrons. The van der Waals surface area contributed by atoms with Gasteiger partial charge in [0, 0.05) is 18.7 Å². The lowest BCUT2D eigenvalue weighted by Gasteiger charge is -2.21. The highest BCUT2D eigenvalue weighted by Crippen LogP contribution is 2.23. The molecule has 0 amide bonds. The Morgan fingerprint density at radius 2 is 2.06 bits per heavy atom. The zero-order chi connectivity index (χ0) is 12.5. The van der Waals surface area contributed by atoms with Crippen molar-refractivity contribution in [2.45, 2.75) is 32.9 Å². The van der Waals surface area contributed by atoms with Crippen LogP contribution in [0.3, 0.4) is 0 Å². The first-order valence-corrected chi connectivity index (χ1v) is 6.55. The molecule has 0 fully saturated rings. The molecule has 4 nitrogen and oxygen atoms in total. The number of hydrogen-bond donors (Lipinski definition) is 1. The number of benzene rings is 1. The van der Waals surface area contributed by atoms with Gasteiger partial charge in [0.05, 0.1) is 6.04 Å². The maximum Gasteiger partial charge on any atom is 0.164 e. The van der Waals surface area contributed by atoms with Crippen molar-refractivity contribution >= 4 is 0 Å². The largest absolute Gasteiger partial charge is 0.308 e. The van der Waals surface area contributed by atoms with Gasteiger partial charge in [-0.2, -0.15) is 0 Å². The van der Waals surface area contributed by atoms with Gasteiger partial charge >= 0.3 is 0 Å². The third kappa shape index (κ3) is 1.82. The van der Waals surface area contributed by atoms with Crippen LogP contribution in [0.15, 0.2) is 24.3 Å². The van der Waals surface area contributed by atoms with Gasteiger partial charge in [-0.1, -0.05) is 31.2 Å². The molecule has 3 rings (SSSR count). The van der Waals surface area contributed by atoms with Crippen LogP contribution in [-0.2, 0) is 13.0 Å². The van der Waals surface area contributed by atoms with Crippen molar-refractivity contribution in [1.82, 2.24) is 20.1 Å². The first kappa shape index (κ1) is 11.4. The molecule has 0 saturated heterocycles. The third-order valence-electron chi connectivity index (χ3n) is 3.57. The van der Waals surface area contributed by atoms with Crippen LogP contribution < -0.4 is 5.32 Å². The minimum Gasteiger partial charge on any atom is -0.308 e. The van der Waals surface area contributed by atoms with Crippen molar-refractivity contribution in [3.8, 4) is 11.4 Å². The first-order chi connectivity index (χ1) is 8.79. The summed E-state index contributed by atoms with van der Waals surface area (Å²) in [6.45, 7) is 6.22. The summed E-state index contributed by atoms with van der Waals surface area (Å²) in [7, 11) is 0. The predicted molar refractivity (Wildman–Crippen MR) is 71.3 cm³/mol. The van der Waals surface area contributed by atoms with Crippen LogP contribution in [0, 0.1) is 0 Å².